The summed E-state index contributed by atoms with van der Waals surface area (Å²) in [5.74, 6) is 0.667. The van der Waals surface area contributed by atoms with Gasteiger partial charge in [-0.2, -0.15) is 0 Å². The third-order valence-corrected chi connectivity index (χ3v) is 4.13. The molecule has 2 heterocycles. The fraction of sp³-hybridized carbons (Fsp3) is 0.211. The van der Waals surface area contributed by atoms with Crippen LogP contribution in [0.5, 0.6) is 5.75 Å². The number of benzene rings is 2. The first-order valence-corrected chi connectivity index (χ1v) is 7.66. The van der Waals surface area contributed by atoms with Crippen molar-refractivity contribution in [3.05, 3.63) is 75.6 Å². The van der Waals surface area contributed by atoms with Crippen LogP contribution in [0.1, 0.15) is 16.7 Å². The monoisotopic (exact) mass is 307 g/mol. The standard InChI is InChI=1S/C19H17NO3/c1-13-7-8-15-17(9-13)23-19(21)16-11-20(12-22-18(15)16)10-14-5-3-2-4-6-14/h2-9H,10-12H2,1H3. The molecular formula is C19H17NO3. The second-order valence-electron chi connectivity index (χ2n) is 5.94. The summed E-state index contributed by atoms with van der Waals surface area (Å²) in [4.78, 5) is 14.4. The van der Waals surface area contributed by atoms with Gasteiger partial charge >= 0.3 is 5.63 Å². The molecule has 116 valence electrons. The number of ether oxygens (including phenoxy) is 1. The Morgan fingerprint density at radius 2 is 1.96 bits per heavy atom. The summed E-state index contributed by atoms with van der Waals surface area (Å²) in [7, 11) is 0. The molecule has 0 atom stereocenters. The first-order chi connectivity index (χ1) is 11.2. The van der Waals surface area contributed by atoms with Gasteiger partial charge < -0.3 is 9.15 Å². The minimum atomic E-state index is -0.309. The van der Waals surface area contributed by atoms with E-state index < -0.39 is 0 Å². The van der Waals surface area contributed by atoms with Crippen molar-refractivity contribution in [3.63, 3.8) is 0 Å². The Kier molecular flexibility index (Phi) is 3.39. The summed E-state index contributed by atoms with van der Waals surface area (Å²) in [5.41, 5.74) is 3.13. The highest BCUT2D eigenvalue weighted by Crippen LogP contribution is 2.32. The maximum absolute atomic E-state index is 12.3. The predicted molar refractivity (Wildman–Crippen MR) is 88.4 cm³/mol. The Morgan fingerprint density at radius 3 is 2.78 bits per heavy atom. The highest BCUT2D eigenvalue weighted by molar-refractivity contribution is 5.85. The summed E-state index contributed by atoms with van der Waals surface area (Å²) < 4.78 is 11.4. The molecule has 0 aliphatic carbocycles. The molecule has 0 unspecified atom stereocenters. The lowest BCUT2D eigenvalue weighted by molar-refractivity contribution is 0.0877. The van der Waals surface area contributed by atoms with Crippen molar-refractivity contribution in [2.24, 2.45) is 0 Å². The molecule has 0 saturated heterocycles. The lowest BCUT2D eigenvalue weighted by Gasteiger charge is -2.28. The fourth-order valence-corrected chi connectivity index (χ4v) is 2.99. The van der Waals surface area contributed by atoms with E-state index in [-0.39, 0.29) is 5.63 Å². The summed E-state index contributed by atoms with van der Waals surface area (Å²) in [6, 6.07) is 16.0. The Bertz CT molecular complexity index is 915. The van der Waals surface area contributed by atoms with Gasteiger partial charge in [-0.15, -0.1) is 0 Å². The summed E-state index contributed by atoms with van der Waals surface area (Å²) in [6.07, 6.45) is 0. The van der Waals surface area contributed by atoms with E-state index in [1.54, 1.807) is 0 Å². The first-order valence-electron chi connectivity index (χ1n) is 7.66. The third-order valence-electron chi connectivity index (χ3n) is 4.13. The summed E-state index contributed by atoms with van der Waals surface area (Å²) >= 11 is 0. The molecule has 3 aromatic rings. The number of aryl methyl sites for hydroxylation is 1. The van der Waals surface area contributed by atoms with Crippen LogP contribution >= 0.6 is 0 Å². The van der Waals surface area contributed by atoms with Crippen LogP contribution in [0.25, 0.3) is 11.0 Å². The zero-order valence-corrected chi connectivity index (χ0v) is 12.9. The van der Waals surface area contributed by atoms with Gasteiger partial charge in [0.25, 0.3) is 0 Å². The second-order valence-corrected chi connectivity index (χ2v) is 5.94. The van der Waals surface area contributed by atoms with Gasteiger partial charge in [-0.1, -0.05) is 36.4 Å². The smallest absolute Gasteiger partial charge is 0.344 e. The van der Waals surface area contributed by atoms with Gasteiger partial charge in [0.15, 0.2) is 0 Å². The number of hydrogen-bond donors (Lipinski definition) is 0. The normalized spacial score (nSPS) is 14.5. The molecule has 0 fully saturated rings. The molecule has 0 radical (unpaired) electrons. The molecule has 1 aliphatic heterocycles. The molecule has 0 bridgehead atoms. The minimum absolute atomic E-state index is 0.309. The van der Waals surface area contributed by atoms with Crippen LogP contribution in [0.4, 0.5) is 0 Å². The van der Waals surface area contributed by atoms with Crippen molar-refractivity contribution >= 4 is 11.0 Å². The molecule has 1 aliphatic rings. The van der Waals surface area contributed by atoms with E-state index in [0.717, 1.165) is 17.5 Å². The van der Waals surface area contributed by atoms with Crippen LogP contribution in [0.3, 0.4) is 0 Å². The largest absolute Gasteiger partial charge is 0.477 e. The number of hydrogen-bond acceptors (Lipinski definition) is 4. The van der Waals surface area contributed by atoms with E-state index in [1.807, 2.05) is 43.3 Å². The van der Waals surface area contributed by atoms with E-state index in [9.17, 15) is 4.79 Å². The predicted octanol–water partition coefficient (Wildman–Crippen LogP) is 3.45. The molecule has 23 heavy (non-hydrogen) atoms. The van der Waals surface area contributed by atoms with Crippen LogP contribution < -0.4 is 10.4 Å². The average molecular weight is 307 g/mol. The fourth-order valence-electron chi connectivity index (χ4n) is 2.99. The van der Waals surface area contributed by atoms with Crippen LogP contribution in [0, 0.1) is 6.92 Å². The van der Waals surface area contributed by atoms with E-state index in [0.29, 0.717) is 30.2 Å². The molecule has 0 amide bonds. The average Bonchev–Trinajstić information content (AvgIpc) is 2.56. The van der Waals surface area contributed by atoms with Crippen LogP contribution in [-0.2, 0) is 13.1 Å². The molecular weight excluding hydrogens is 290 g/mol. The van der Waals surface area contributed by atoms with Crippen LogP contribution in [-0.4, -0.2) is 11.6 Å². The zero-order chi connectivity index (χ0) is 15.8. The highest BCUT2D eigenvalue weighted by Gasteiger charge is 2.24. The number of nitrogens with zero attached hydrogens (tertiary/aromatic N) is 1. The van der Waals surface area contributed by atoms with Gasteiger partial charge in [-0.05, 0) is 30.2 Å². The molecule has 0 saturated carbocycles. The molecule has 1 aromatic heterocycles. The molecule has 0 spiro atoms. The van der Waals surface area contributed by atoms with Crippen molar-refractivity contribution in [1.82, 2.24) is 4.90 Å². The van der Waals surface area contributed by atoms with E-state index >= 15 is 0 Å². The van der Waals surface area contributed by atoms with Crippen LogP contribution in [0.2, 0.25) is 0 Å². The van der Waals surface area contributed by atoms with Gasteiger partial charge in [0, 0.05) is 13.1 Å². The van der Waals surface area contributed by atoms with Gasteiger partial charge in [-0.25, -0.2) is 4.79 Å². The SMILES string of the molecule is Cc1ccc2c3c(c(=O)oc2c1)CN(Cc1ccccc1)CO3. The van der Waals surface area contributed by atoms with Gasteiger partial charge in [-0.3, -0.25) is 4.90 Å². The lowest BCUT2D eigenvalue weighted by Crippen LogP contribution is -2.34. The van der Waals surface area contributed by atoms with Gasteiger partial charge in [0.05, 0.1) is 10.9 Å². The molecule has 2 aromatic carbocycles. The van der Waals surface area contributed by atoms with Gasteiger partial charge in [0.1, 0.15) is 18.1 Å². The quantitative estimate of drug-likeness (QED) is 0.680. The maximum atomic E-state index is 12.3. The Hall–Kier alpha value is -2.59. The second kappa shape index (κ2) is 5.56. The van der Waals surface area contributed by atoms with E-state index in [4.69, 9.17) is 9.15 Å². The van der Waals surface area contributed by atoms with Crippen molar-refractivity contribution in [1.29, 1.82) is 0 Å². The third kappa shape index (κ3) is 2.62. The van der Waals surface area contributed by atoms with Crippen molar-refractivity contribution in [2.45, 2.75) is 20.0 Å². The first kappa shape index (κ1) is 14.0. The molecule has 4 nitrogen and oxygen atoms in total. The highest BCUT2D eigenvalue weighted by atomic mass is 16.5. The van der Waals surface area contributed by atoms with Crippen molar-refractivity contribution < 1.29 is 9.15 Å². The molecule has 4 rings (SSSR count). The maximum Gasteiger partial charge on any atom is 0.344 e. The van der Waals surface area contributed by atoms with E-state index in [1.165, 1.54) is 5.56 Å². The van der Waals surface area contributed by atoms with Gasteiger partial charge in [0.2, 0.25) is 0 Å². The lowest BCUT2D eigenvalue weighted by atomic mass is 10.1. The van der Waals surface area contributed by atoms with Crippen LogP contribution in [0.15, 0.2) is 57.7 Å². The Morgan fingerprint density at radius 1 is 1.13 bits per heavy atom. The Labute approximate surface area is 133 Å². The zero-order valence-electron chi connectivity index (χ0n) is 12.9. The van der Waals surface area contributed by atoms with Crippen molar-refractivity contribution in [3.8, 4) is 5.75 Å². The number of rotatable bonds is 2. The van der Waals surface area contributed by atoms with E-state index in [2.05, 4.69) is 17.0 Å². The minimum Gasteiger partial charge on any atom is -0.477 e. The Balaban J connectivity index is 1.70. The summed E-state index contributed by atoms with van der Waals surface area (Å²) in [6.45, 7) is 3.72. The topological polar surface area (TPSA) is 42.7 Å². The molecule has 4 heteroatoms. The molecule has 0 N–H and O–H groups in total. The number of fused-ring (bicyclic) bond motifs is 3. The van der Waals surface area contributed by atoms with Crippen molar-refractivity contribution in [2.75, 3.05) is 6.73 Å². The summed E-state index contributed by atoms with van der Waals surface area (Å²) in [5, 5.41) is 0.865.